The quantitative estimate of drug-likeness (QED) is 0.479. The summed E-state index contributed by atoms with van der Waals surface area (Å²) in [6, 6.07) is 4.31. The minimum atomic E-state index is -1.37. The molecular formula is C24H25N3O7S. The molecule has 1 aromatic carbocycles. The minimum Gasteiger partial charge on any atom is -0.465 e. The van der Waals surface area contributed by atoms with Crippen molar-refractivity contribution in [3.63, 3.8) is 0 Å². The van der Waals surface area contributed by atoms with Crippen molar-refractivity contribution in [2.75, 3.05) is 25.8 Å². The van der Waals surface area contributed by atoms with Gasteiger partial charge in [-0.25, -0.2) is 9.59 Å². The second-order valence-electron chi connectivity index (χ2n) is 9.11. The highest BCUT2D eigenvalue weighted by molar-refractivity contribution is 7.17. The van der Waals surface area contributed by atoms with Gasteiger partial charge in [0.15, 0.2) is 11.5 Å². The van der Waals surface area contributed by atoms with Gasteiger partial charge in [-0.3, -0.25) is 14.5 Å². The predicted octanol–water partition coefficient (Wildman–Crippen LogP) is 2.79. The number of esters is 1. The maximum Gasteiger partial charge on any atom is 0.341 e. The molecule has 11 heteroatoms. The van der Waals surface area contributed by atoms with Gasteiger partial charge >= 0.3 is 12.0 Å². The number of benzene rings is 1. The Balaban J connectivity index is 1.35. The average Bonchev–Trinajstić information content (AvgIpc) is 3.49. The standard InChI is InChI=1S/C24H25N3O7S/c1-12-4-6-14-17(8-12)35-20(19(14)21(29)32-3)25-18(28)10-27-22(30)24(2,26-23(27)31)13-5-7-15-16(9-13)34-11-33-15/h5,7,9,12H,4,6,8,10-11H2,1-3H3,(H,25,28)(H,26,31)/t12-,24-/m1/s1. The Morgan fingerprint density at radius 1 is 1.29 bits per heavy atom. The zero-order valence-corrected chi connectivity index (χ0v) is 20.4. The molecule has 5 rings (SSSR count). The fourth-order valence-corrected chi connectivity index (χ4v) is 6.13. The molecule has 4 amide bonds. The van der Waals surface area contributed by atoms with Crippen molar-refractivity contribution < 1.29 is 33.4 Å². The number of amides is 4. The van der Waals surface area contributed by atoms with Crippen molar-refractivity contribution in [1.29, 1.82) is 0 Å². The number of carbonyl (C=O) groups excluding carboxylic acids is 4. The molecule has 0 radical (unpaired) electrons. The number of thiophene rings is 1. The molecule has 3 heterocycles. The van der Waals surface area contributed by atoms with E-state index < -0.39 is 35.9 Å². The molecule has 1 saturated heterocycles. The summed E-state index contributed by atoms with van der Waals surface area (Å²) in [5.41, 5.74) is 0.403. The maximum absolute atomic E-state index is 13.3. The third kappa shape index (κ3) is 3.89. The van der Waals surface area contributed by atoms with Crippen LogP contribution in [0.1, 0.15) is 46.6 Å². The van der Waals surface area contributed by atoms with Crippen LogP contribution in [-0.2, 0) is 32.7 Å². The Morgan fingerprint density at radius 2 is 2.06 bits per heavy atom. The van der Waals surface area contributed by atoms with Gasteiger partial charge in [0.1, 0.15) is 17.1 Å². The fraction of sp³-hybridized carbons (Fsp3) is 0.417. The summed E-state index contributed by atoms with van der Waals surface area (Å²) >= 11 is 1.34. The first-order chi connectivity index (χ1) is 16.7. The van der Waals surface area contributed by atoms with Crippen molar-refractivity contribution in [1.82, 2.24) is 10.2 Å². The molecule has 10 nitrogen and oxygen atoms in total. The maximum atomic E-state index is 13.3. The van der Waals surface area contributed by atoms with Crippen LogP contribution in [0.2, 0.25) is 0 Å². The van der Waals surface area contributed by atoms with Gasteiger partial charge in [0.25, 0.3) is 5.91 Å². The first kappa shape index (κ1) is 23.2. The van der Waals surface area contributed by atoms with Crippen LogP contribution >= 0.6 is 11.3 Å². The number of nitrogens with zero attached hydrogens (tertiary/aromatic N) is 1. The summed E-state index contributed by atoms with van der Waals surface area (Å²) in [4.78, 5) is 53.3. The zero-order valence-electron chi connectivity index (χ0n) is 19.6. The van der Waals surface area contributed by atoms with E-state index in [1.54, 1.807) is 25.1 Å². The van der Waals surface area contributed by atoms with Gasteiger partial charge in [-0.05, 0) is 55.4 Å². The lowest BCUT2D eigenvalue weighted by Crippen LogP contribution is -2.42. The molecule has 35 heavy (non-hydrogen) atoms. The molecule has 0 spiro atoms. The predicted molar refractivity (Wildman–Crippen MR) is 126 cm³/mol. The SMILES string of the molecule is COC(=O)c1c(NC(=O)CN2C(=O)N[C@](C)(c3ccc4c(c3)OCO4)C2=O)sc2c1CC[C@@H](C)C2. The van der Waals surface area contributed by atoms with E-state index in [0.717, 1.165) is 34.6 Å². The molecule has 0 unspecified atom stereocenters. The number of hydrogen-bond donors (Lipinski definition) is 2. The van der Waals surface area contributed by atoms with E-state index >= 15 is 0 Å². The second-order valence-corrected chi connectivity index (χ2v) is 10.2. The summed E-state index contributed by atoms with van der Waals surface area (Å²) in [6.07, 6.45) is 2.50. The Kier molecular flexibility index (Phi) is 5.66. The van der Waals surface area contributed by atoms with Crippen LogP contribution in [0, 0.1) is 5.92 Å². The van der Waals surface area contributed by atoms with E-state index in [9.17, 15) is 19.2 Å². The van der Waals surface area contributed by atoms with Gasteiger partial charge in [-0.15, -0.1) is 11.3 Å². The molecule has 2 aromatic rings. The van der Waals surface area contributed by atoms with Crippen molar-refractivity contribution in [3.05, 3.63) is 39.8 Å². The monoisotopic (exact) mass is 499 g/mol. The van der Waals surface area contributed by atoms with Crippen LogP contribution in [0.15, 0.2) is 18.2 Å². The number of nitrogens with one attached hydrogen (secondary N) is 2. The summed E-state index contributed by atoms with van der Waals surface area (Å²) in [6.45, 7) is 3.31. The number of methoxy groups -OCH3 is 1. The van der Waals surface area contributed by atoms with Crippen molar-refractivity contribution >= 4 is 40.2 Å². The molecule has 2 N–H and O–H groups in total. The highest BCUT2D eigenvalue weighted by atomic mass is 32.1. The van der Waals surface area contributed by atoms with Crippen molar-refractivity contribution in [2.24, 2.45) is 5.92 Å². The van der Waals surface area contributed by atoms with E-state index in [0.29, 0.717) is 33.5 Å². The summed E-state index contributed by atoms with van der Waals surface area (Å²) < 4.78 is 15.6. The van der Waals surface area contributed by atoms with Gasteiger partial charge in [0.05, 0.1) is 12.7 Å². The lowest BCUT2D eigenvalue weighted by Gasteiger charge is -2.22. The Labute approximate surface area is 205 Å². The van der Waals surface area contributed by atoms with E-state index in [1.807, 2.05) is 0 Å². The topological polar surface area (TPSA) is 123 Å². The van der Waals surface area contributed by atoms with Gasteiger partial charge in [0.2, 0.25) is 12.7 Å². The number of fused-ring (bicyclic) bond motifs is 2. The number of urea groups is 1. The van der Waals surface area contributed by atoms with Gasteiger partial charge in [0, 0.05) is 4.88 Å². The third-order valence-corrected chi connectivity index (χ3v) is 7.85. The first-order valence-corrected chi connectivity index (χ1v) is 12.1. The number of hydrogen-bond acceptors (Lipinski definition) is 8. The van der Waals surface area contributed by atoms with Gasteiger partial charge in [-0.2, -0.15) is 0 Å². The van der Waals surface area contributed by atoms with Crippen LogP contribution in [-0.4, -0.2) is 49.2 Å². The van der Waals surface area contributed by atoms with Crippen LogP contribution < -0.4 is 20.1 Å². The molecule has 2 atom stereocenters. The van der Waals surface area contributed by atoms with E-state index in [4.69, 9.17) is 14.2 Å². The zero-order chi connectivity index (χ0) is 24.9. The highest BCUT2D eigenvalue weighted by Crippen LogP contribution is 2.40. The molecule has 2 aliphatic heterocycles. The number of carbonyl (C=O) groups is 4. The minimum absolute atomic E-state index is 0.0841. The first-order valence-electron chi connectivity index (χ1n) is 11.3. The summed E-state index contributed by atoms with van der Waals surface area (Å²) in [5, 5.41) is 5.80. The molecule has 184 valence electrons. The fourth-order valence-electron chi connectivity index (χ4n) is 4.71. The largest absolute Gasteiger partial charge is 0.465 e. The number of ether oxygens (including phenoxy) is 3. The summed E-state index contributed by atoms with van der Waals surface area (Å²) in [7, 11) is 1.30. The molecule has 1 aliphatic carbocycles. The third-order valence-electron chi connectivity index (χ3n) is 6.68. The van der Waals surface area contributed by atoms with Gasteiger partial charge in [-0.1, -0.05) is 13.0 Å². The van der Waals surface area contributed by atoms with E-state index in [1.165, 1.54) is 18.4 Å². The van der Waals surface area contributed by atoms with Crippen LogP contribution in [0.5, 0.6) is 11.5 Å². The molecule has 0 saturated carbocycles. The Hall–Kier alpha value is -3.60. The number of imide groups is 1. The van der Waals surface area contributed by atoms with E-state index in [-0.39, 0.29) is 6.79 Å². The number of rotatable bonds is 5. The normalized spacial score (nSPS) is 22.6. The van der Waals surface area contributed by atoms with Gasteiger partial charge < -0.3 is 24.8 Å². The lowest BCUT2D eigenvalue weighted by atomic mass is 9.88. The van der Waals surface area contributed by atoms with Crippen molar-refractivity contribution in [2.45, 2.75) is 38.6 Å². The molecule has 1 fully saturated rings. The van der Waals surface area contributed by atoms with Crippen LogP contribution in [0.4, 0.5) is 9.80 Å². The Bertz CT molecular complexity index is 1260. The van der Waals surface area contributed by atoms with Crippen LogP contribution in [0.3, 0.4) is 0 Å². The van der Waals surface area contributed by atoms with Crippen LogP contribution in [0.25, 0.3) is 0 Å². The number of anilines is 1. The smallest absolute Gasteiger partial charge is 0.341 e. The molecule has 0 bridgehead atoms. The van der Waals surface area contributed by atoms with E-state index in [2.05, 4.69) is 17.6 Å². The molecule has 1 aromatic heterocycles. The molecular weight excluding hydrogens is 474 g/mol. The second kappa shape index (κ2) is 8.56. The lowest BCUT2D eigenvalue weighted by molar-refractivity contribution is -0.133. The molecule has 3 aliphatic rings. The Morgan fingerprint density at radius 3 is 2.83 bits per heavy atom. The highest BCUT2D eigenvalue weighted by Gasteiger charge is 2.50. The average molecular weight is 500 g/mol. The van der Waals surface area contributed by atoms with Crippen molar-refractivity contribution in [3.8, 4) is 11.5 Å². The summed E-state index contributed by atoms with van der Waals surface area (Å²) in [5.74, 6) is -0.148.